The first-order valence-corrected chi connectivity index (χ1v) is 13.9. The van der Waals surface area contributed by atoms with Crippen LogP contribution in [0.2, 0.25) is 5.02 Å². The summed E-state index contributed by atoms with van der Waals surface area (Å²) in [6.07, 6.45) is 6.03. The van der Waals surface area contributed by atoms with Crippen molar-refractivity contribution in [2.24, 2.45) is 5.41 Å². The van der Waals surface area contributed by atoms with E-state index in [0.717, 1.165) is 32.4 Å². The Morgan fingerprint density at radius 2 is 1.95 bits per heavy atom. The molecule has 0 amide bonds. The summed E-state index contributed by atoms with van der Waals surface area (Å²) >= 11 is 7.87. The van der Waals surface area contributed by atoms with Gasteiger partial charge in [0.05, 0.1) is 16.2 Å². The number of Topliss-reactive ketones (excluding diaryl/α,β-unsaturated/α-hetero) is 1. The van der Waals surface area contributed by atoms with Gasteiger partial charge in [0.1, 0.15) is 11.2 Å². The van der Waals surface area contributed by atoms with Crippen molar-refractivity contribution in [1.29, 1.82) is 0 Å². The molecule has 11 heteroatoms. The monoisotopic (exact) mass is 565 g/mol. The second-order valence-corrected chi connectivity index (χ2v) is 11.5. The number of aromatic hydroxyl groups is 1. The lowest BCUT2D eigenvalue weighted by molar-refractivity contribution is 0.0988. The summed E-state index contributed by atoms with van der Waals surface area (Å²) in [4.78, 5) is 52.7. The molecule has 202 valence electrons. The van der Waals surface area contributed by atoms with Gasteiger partial charge in [0.15, 0.2) is 11.6 Å². The molecule has 1 fully saturated rings. The number of carbonyl (C=O) groups excluding carboxylic acids is 1. The Morgan fingerprint density at radius 3 is 2.67 bits per heavy atom. The Bertz CT molecular complexity index is 1680. The van der Waals surface area contributed by atoms with Gasteiger partial charge in [0.25, 0.3) is 11.1 Å². The summed E-state index contributed by atoms with van der Waals surface area (Å²) in [6, 6.07) is 10.1. The van der Waals surface area contributed by atoms with Gasteiger partial charge in [-0.2, -0.15) is 4.98 Å². The van der Waals surface area contributed by atoms with Crippen molar-refractivity contribution in [3.63, 3.8) is 0 Å². The molecule has 1 aliphatic rings. The Balaban J connectivity index is 1.34. The van der Waals surface area contributed by atoms with Gasteiger partial charge in [-0.3, -0.25) is 18.8 Å². The van der Waals surface area contributed by atoms with Crippen LogP contribution in [0.5, 0.6) is 5.88 Å². The minimum Gasteiger partial charge on any atom is -0.493 e. The normalized spacial score (nSPS) is 15.0. The zero-order valence-corrected chi connectivity index (χ0v) is 23.2. The summed E-state index contributed by atoms with van der Waals surface area (Å²) in [5.74, 6) is -0.805. The molecular formula is C28H28ClN5O4S. The number of hydrogen-bond donors (Lipinski definition) is 2. The van der Waals surface area contributed by atoms with Crippen molar-refractivity contribution in [3.05, 3.63) is 85.6 Å². The number of halogens is 1. The van der Waals surface area contributed by atoms with E-state index in [1.807, 2.05) is 4.90 Å². The first-order chi connectivity index (χ1) is 18.7. The number of aromatic nitrogens is 4. The van der Waals surface area contributed by atoms with E-state index < -0.39 is 22.8 Å². The third-order valence-corrected chi connectivity index (χ3v) is 9.02. The predicted molar refractivity (Wildman–Crippen MR) is 151 cm³/mol. The quantitative estimate of drug-likeness (QED) is 0.309. The highest BCUT2D eigenvalue weighted by Crippen LogP contribution is 2.36. The minimum absolute atomic E-state index is 0.212. The van der Waals surface area contributed by atoms with Crippen molar-refractivity contribution < 1.29 is 9.90 Å². The van der Waals surface area contributed by atoms with Crippen LogP contribution in [-0.2, 0) is 6.42 Å². The van der Waals surface area contributed by atoms with Crippen molar-refractivity contribution in [3.8, 4) is 5.88 Å². The van der Waals surface area contributed by atoms with E-state index in [1.54, 1.807) is 42.6 Å². The standard InChI is InChI=1S/C28H28ClN5O4S/c1-3-28(2)10-13-33(14-11-28)24-26(37)32-21(16-30-24)39-19-8-6-7-17(23(19)29)15-18(35)22-25(36)31-20-9-4-5-12-34(20)27(22)38/h4-9,12,16,36H,3,10-11,13-15H2,1-2H3,(H,32,37). The van der Waals surface area contributed by atoms with Crippen molar-refractivity contribution in [2.45, 2.75) is 49.5 Å². The maximum Gasteiger partial charge on any atom is 0.291 e. The van der Waals surface area contributed by atoms with E-state index in [2.05, 4.69) is 28.8 Å². The molecule has 4 aromatic rings. The van der Waals surface area contributed by atoms with Gasteiger partial charge < -0.3 is 15.0 Å². The largest absolute Gasteiger partial charge is 0.493 e. The minimum atomic E-state index is -0.651. The number of nitrogens with zero attached hydrogens (tertiary/aromatic N) is 4. The molecule has 0 unspecified atom stereocenters. The predicted octanol–water partition coefficient (Wildman–Crippen LogP) is 4.73. The highest BCUT2D eigenvalue weighted by Gasteiger charge is 2.30. The molecule has 4 heterocycles. The lowest BCUT2D eigenvalue weighted by Gasteiger charge is -2.39. The molecule has 39 heavy (non-hydrogen) atoms. The number of ketones is 1. The summed E-state index contributed by atoms with van der Waals surface area (Å²) in [5, 5.41) is 11.1. The molecule has 3 aromatic heterocycles. The highest BCUT2D eigenvalue weighted by molar-refractivity contribution is 7.99. The summed E-state index contributed by atoms with van der Waals surface area (Å²) in [6.45, 7) is 6.07. The van der Waals surface area contributed by atoms with Crippen LogP contribution in [0.4, 0.5) is 5.82 Å². The van der Waals surface area contributed by atoms with E-state index in [-0.39, 0.29) is 17.6 Å². The van der Waals surface area contributed by atoms with E-state index in [0.29, 0.717) is 31.7 Å². The molecule has 0 radical (unpaired) electrons. The van der Waals surface area contributed by atoms with Gasteiger partial charge in [-0.15, -0.1) is 0 Å². The van der Waals surface area contributed by atoms with Crippen LogP contribution in [0.15, 0.2) is 68.3 Å². The number of carbonyl (C=O) groups is 1. The fraction of sp³-hybridized carbons (Fsp3) is 0.321. The van der Waals surface area contributed by atoms with Crippen LogP contribution in [0.3, 0.4) is 0 Å². The average Bonchev–Trinajstić information content (AvgIpc) is 2.92. The Labute approximate surface area is 233 Å². The third-order valence-electron chi connectivity index (χ3n) is 7.48. The SMILES string of the molecule is CCC1(C)CCN(c2ncc(Sc3cccc(CC(=O)c4c(O)nc5ccccn5c4=O)c3Cl)[nH]c2=O)CC1. The molecular weight excluding hydrogens is 538 g/mol. The number of benzene rings is 1. The van der Waals surface area contributed by atoms with E-state index in [9.17, 15) is 19.5 Å². The van der Waals surface area contributed by atoms with Gasteiger partial charge in [0.2, 0.25) is 5.88 Å². The number of H-pyrrole nitrogens is 1. The number of anilines is 1. The van der Waals surface area contributed by atoms with Crippen molar-refractivity contribution >= 4 is 40.6 Å². The van der Waals surface area contributed by atoms with E-state index in [4.69, 9.17) is 11.6 Å². The van der Waals surface area contributed by atoms with Gasteiger partial charge in [-0.1, -0.05) is 61.8 Å². The van der Waals surface area contributed by atoms with Crippen LogP contribution >= 0.6 is 23.4 Å². The Morgan fingerprint density at radius 1 is 1.18 bits per heavy atom. The summed E-state index contributed by atoms with van der Waals surface area (Å²) in [5.41, 5.74) is -0.290. The van der Waals surface area contributed by atoms with Gasteiger partial charge in [0, 0.05) is 30.6 Å². The number of piperidine rings is 1. The number of pyridine rings is 1. The second kappa shape index (κ2) is 10.9. The molecule has 9 nitrogen and oxygen atoms in total. The molecule has 0 aliphatic carbocycles. The lowest BCUT2D eigenvalue weighted by Crippen LogP contribution is -2.41. The first-order valence-electron chi connectivity index (χ1n) is 12.7. The molecule has 0 saturated carbocycles. The van der Waals surface area contributed by atoms with Crippen LogP contribution in [-0.4, -0.2) is 43.3 Å². The molecule has 1 aliphatic heterocycles. The fourth-order valence-corrected chi connectivity index (χ4v) is 5.90. The number of hydrogen-bond acceptors (Lipinski definition) is 8. The maximum atomic E-state index is 13.1. The molecule has 0 atom stereocenters. The van der Waals surface area contributed by atoms with Crippen LogP contribution in [0, 0.1) is 5.41 Å². The Hall–Kier alpha value is -3.63. The average molecular weight is 566 g/mol. The number of aromatic amines is 1. The summed E-state index contributed by atoms with van der Waals surface area (Å²) < 4.78 is 1.21. The van der Waals surface area contributed by atoms with Crippen LogP contribution in [0.1, 0.15) is 49.0 Å². The zero-order valence-electron chi connectivity index (χ0n) is 21.6. The topological polar surface area (TPSA) is 121 Å². The van der Waals surface area contributed by atoms with E-state index >= 15 is 0 Å². The molecule has 1 saturated heterocycles. The number of rotatable bonds is 7. The van der Waals surface area contributed by atoms with Gasteiger partial charge in [-0.25, -0.2) is 4.98 Å². The second-order valence-electron chi connectivity index (χ2n) is 10.0. The fourth-order valence-electron chi connectivity index (χ4n) is 4.74. The highest BCUT2D eigenvalue weighted by atomic mass is 35.5. The van der Waals surface area contributed by atoms with Crippen LogP contribution < -0.4 is 16.0 Å². The van der Waals surface area contributed by atoms with E-state index in [1.165, 1.54) is 22.4 Å². The van der Waals surface area contributed by atoms with Crippen molar-refractivity contribution in [1.82, 2.24) is 19.4 Å². The van der Waals surface area contributed by atoms with Gasteiger partial charge >= 0.3 is 0 Å². The number of fused-ring (bicyclic) bond motifs is 1. The first kappa shape index (κ1) is 27.0. The zero-order chi connectivity index (χ0) is 27.7. The molecule has 1 aromatic carbocycles. The Kier molecular flexibility index (Phi) is 7.51. The molecule has 2 N–H and O–H groups in total. The lowest BCUT2D eigenvalue weighted by atomic mass is 9.78. The third kappa shape index (κ3) is 5.44. The molecule has 0 spiro atoms. The number of nitrogens with one attached hydrogen (secondary N) is 1. The molecule has 0 bridgehead atoms. The molecule has 5 rings (SSSR count). The van der Waals surface area contributed by atoms with Crippen LogP contribution in [0.25, 0.3) is 5.65 Å². The van der Waals surface area contributed by atoms with Gasteiger partial charge in [-0.05, 0) is 42.0 Å². The smallest absolute Gasteiger partial charge is 0.291 e. The summed E-state index contributed by atoms with van der Waals surface area (Å²) in [7, 11) is 0. The van der Waals surface area contributed by atoms with Crippen molar-refractivity contribution in [2.75, 3.05) is 18.0 Å². The maximum absolute atomic E-state index is 13.1.